The molecule has 1 aliphatic heterocycles. The molecule has 0 amide bonds. The molecule has 8 heteroatoms. The van der Waals surface area contributed by atoms with Crippen LogP contribution in [0.4, 0.5) is 4.39 Å². The van der Waals surface area contributed by atoms with Crippen LogP contribution >= 0.6 is 11.3 Å². The van der Waals surface area contributed by atoms with Gasteiger partial charge in [-0.2, -0.15) is 0 Å². The number of nitrogens with one attached hydrogen (secondary N) is 1. The minimum atomic E-state index is -0.723. The fraction of sp³-hybridized carbons (Fsp3) is 0.192. The number of halogens is 1. The van der Waals surface area contributed by atoms with Gasteiger partial charge in [-0.3, -0.25) is 0 Å². The van der Waals surface area contributed by atoms with Crippen molar-refractivity contribution in [3.8, 4) is 21.8 Å². The normalized spacial score (nSPS) is 14.1. The molecule has 4 rings (SSSR count). The van der Waals surface area contributed by atoms with Gasteiger partial charge >= 0.3 is 11.9 Å². The standard InChI is InChI=1S/C26H23FN2O4S/c1-14-21(25(30)32-3)23(22(15(2)28-14)26(31)33-4)18-10-5-6-11-19(18)24-29-20(13-34-24)16-8-7-9-17(27)12-16/h5-13,23,28H,1-4H3. The number of dihydropyridines is 1. The Bertz CT molecular complexity index is 1300. The van der Waals surface area contributed by atoms with E-state index in [1.54, 1.807) is 26.0 Å². The molecular weight excluding hydrogens is 455 g/mol. The number of methoxy groups -OCH3 is 2. The molecule has 0 unspecified atom stereocenters. The van der Waals surface area contributed by atoms with Gasteiger partial charge in [0.15, 0.2) is 0 Å². The van der Waals surface area contributed by atoms with Crippen LogP contribution in [0.2, 0.25) is 0 Å². The largest absolute Gasteiger partial charge is 0.466 e. The van der Waals surface area contributed by atoms with Crippen LogP contribution in [0.25, 0.3) is 21.8 Å². The molecule has 0 atom stereocenters. The van der Waals surface area contributed by atoms with Crippen LogP contribution < -0.4 is 5.32 Å². The van der Waals surface area contributed by atoms with Gasteiger partial charge in [-0.1, -0.05) is 36.4 Å². The van der Waals surface area contributed by atoms with Gasteiger partial charge in [-0.15, -0.1) is 11.3 Å². The van der Waals surface area contributed by atoms with Crippen molar-refractivity contribution in [3.63, 3.8) is 0 Å². The molecule has 3 aromatic rings. The van der Waals surface area contributed by atoms with E-state index in [2.05, 4.69) is 5.32 Å². The number of thiazole rings is 1. The molecular formula is C26H23FN2O4S. The van der Waals surface area contributed by atoms with Crippen molar-refractivity contribution in [2.75, 3.05) is 14.2 Å². The molecule has 0 saturated carbocycles. The average Bonchev–Trinajstić information content (AvgIpc) is 3.33. The fourth-order valence-corrected chi connectivity index (χ4v) is 5.06. The highest BCUT2D eigenvalue weighted by atomic mass is 32.1. The number of carbonyl (C=O) groups is 2. The van der Waals surface area contributed by atoms with Gasteiger partial charge in [0.1, 0.15) is 10.8 Å². The average molecular weight is 479 g/mol. The fourth-order valence-electron chi connectivity index (χ4n) is 4.19. The van der Waals surface area contributed by atoms with Crippen LogP contribution in [-0.4, -0.2) is 31.1 Å². The van der Waals surface area contributed by atoms with Crippen LogP contribution in [-0.2, 0) is 19.1 Å². The lowest BCUT2D eigenvalue weighted by Gasteiger charge is -2.31. The van der Waals surface area contributed by atoms with Gasteiger partial charge in [-0.25, -0.2) is 19.0 Å². The summed E-state index contributed by atoms with van der Waals surface area (Å²) in [5.41, 5.74) is 4.60. The van der Waals surface area contributed by atoms with E-state index in [9.17, 15) is 14.0 Å². The van der Waals surface area contributed by atoms with E-state index >= 15 is 0 Å². The maximum Gasteiger partial charge on any atom is 0.336 e. The summed E-state index contributed by atoms with van der Waals surface area (Å²) in [5.74, 6) is -2.15. The Hall–Kier alpha value is -3.78. The SMILES string of the molecule is COC(=O)C1=C(C)NC(C)=C(C(=O)OC)C1c1ccccc1-c1nc(-c2cccc(F)c2)cs1. The number of rotatable bonds is 5. The van der Waals surface area contributed by atoms with Gasteiger partial charge in [0.25, 0.3) is 0 Å². The number of benzene rings is 2. The molecule has 0 bridgehead atoms. The maximum absolute atomic E-state index is 13.7. The highest BCUT2D eigenvalue weighted by Crippen LogP contribution is 2.43. The number of carbonyl (C=O) groups excluding carboxylic acids is 2. The number of esters is 2. The van der Waals surface area contributed by atoms with Crippen molar-refractivity contribution in [3.05, 3.63) is 87.8 Å². The quantitative estimate of drug-likeness (QED) is 0.508. The number of nitrogens with zero attached hydrogens (tertiary/aromatic N) is 1. The second kappa shape index (κ2) is 9.61. The van der Waals surface area contributed by atoms with E-state index in [0.29, 0.717) is 44.4 Å². The third-order valence-electron chi connectivity index (χ3n) is 5.70. The zero-order valence-corrected chi connectivity index (χ0v) is 20.0. The Morgan fingerprint density at radius 1 is 0.971 bits per heavy atom. The van der Waals surface area contributed by atoms with Gasteiger partial charge in [0, 0.05) is 27.9 Å². The summed E-state index contributed by atoms with van der Waals surface area (Å²) in [6, 6.07) is 13.7. The summed E-state index contributed by atoms with van der Waals surface area (Å²) >= 11 is 1.40. The van der Waals surface area contributed by atoms with Crippen LogP contribution in [0.1, 0.15) is 25.3 Å². The summed E-state index contributed by atoms with van der Waals surface area (Å²) in [6.45, 7) is 3.54. The van der Waals surface area contributed by atoms with Crippen molar-refractivity contribution in [2.24, 2.45) is 0 Å². The van der Waals surface area contributed by atoms with Gasteiger partial charge in [0.05, 0.1) is 37.0 Å². The number of aromatic nitrogens is 1. The molecule has 0 radical (unpaired) electrons. The monoisotopic (exact) mass is 478 g/mol. The first-order valence-corrected chi connectivity index (χ1v) is 11.4. The molecule has 2 aromatic carbocycles. The number of ether oxygens (including phenoxy) is 2. The zero-order chi connectivity index (χ0) is 24.4. The van der Waals surface area contributed by atoms with E-state index in [-0.39, 0.29) is 5.82 Å². The van der Waals surface area contributed by atoms with Crippen molar-refractivity contribution in [1.29, 1.82) is 0 Å². The first kappa shape index (κ1) is 23.4. The van der Waals surface area contributed by atoms with Crippen molar-refractivity contribution < 1.29 is 23.5 Å². The van der Waals surface area contributed by atoms with Gasteiger partial charge in [-0.05, 0) is 31.5 Å². The van der Waals surface area contributed by atoms with Crippen LogP contribution in [0, 0.1) is 5.82 Å². The van der Waals surface area contributed by atoms with E-state index in [1.807, 2.05) is 29.6 Å². The minimum Gasteiger partial charge on any atom is -0.466 e. The lowest BCUT2D eigenvalue weighted by atomic mass is 9.78. The first-order chi connectivity index (χ1) is 16.3. The highest BCUT2D eigenvalue weighted by Gasteiger charge is 2.38. The van der Waals surface area contributed by atoms with Crippen molar-refractivity contribution >= 4 is 23.3 Å². The molecule has 0 spiro atoms. The van der Waals surface area contributed by atoms with E-state index in [0.717, 1.165) is 5.56 Å². The summed E-state index contributed by atoms with van der Waals surface area (Å²) < 4.78 is 23.9. The summed E-state index contributed by atoms with van der Waals surface area (Å²) in [4.78, 5) is 30.4. The predicted molar refractivity (Wildman–Crippen MR) is 128 cm³/mol. The number of hydrogen-bond donors (Lipinski definition) is 1. The van der Waals surface area contributed by atoms with E-state index in [1.165, 1.54) is 37.7 Å². The highest BCUT2D eigenvalue weighted by molar-refractivity contribution is 7.13. The summed E-state index contributed by atoms with van der Waals surface area (Å²) in [5, 5.41) is 5.64. The molecule has 1 N–H and O–H groups in total. The van der Waals surface area contributed by atoms with E-state index < -0.39 is 17.9 Å². The second-order valence-corrected chi connectivity index (χ2v) is 8.61. The van der Waals surface area contributed by atoms with Crippen LogP contribution in [0.3, 0.4) is 0 Å². The van der Waals surface area contributed by atoms with Crippen molar-refractivity contribution in [1.82, 2.24) is 10.3 Å². The Balaban J connectivity index is 1.90. The molecule has 6 nitrogen and oxygen atoms in total. The van der Waals surface area contributed by atoms with Crippen molar-refractivity contribution in [2.45, 2.75) is 19.8 Å². The molecule has 0 fully saturated rings. The minimum absolute atomic E-state index is 0.322. The van der Waals surface area contributed by atoms with Gasteiger partial charge in [0.2, 0.25) is 0 Å². The molecule has 1 aliphatic rings. The smallest absolute Gasteiger partial charge is 0.336 e. The zero-order valence-electron chi connectivity index (χ0n) is 19.1. The van der Waals surface area contributed by atoms with Crippen LogP contribution in [0.5, 0.6) is 0 Å². The lowest BCUT2D eigenvalue weighted by molar-refractivity contribution is -0.137. The third-order valence-corrected chi connectivity index (χ3v) is 6.57. The first-order valence-electron chi connectivity index (χ1n) is 10.5. The predicted octanol–water partition coefficient (Wildman–Crippen LogP) is 5.20. The summed E-state index contributed by atoms with van der Waals surface area (Å²) in [7, 11) is 2.61. The topological polar surface area (TPSA) is 77.5 Å². The molecule has 174 valence electrons. The molecule has 0 saturated heterocycles. The maximum atomic E-state index is 13.7. The molecule has 0 aliphatic carbocycles. The van der Waals surface area contributed by atoms with Gasteiger partial charge < -0.3 is 14.8 Å². The Labute approximate surface area is 200 Å². The van der Waals surface area contributed by atoms with Crippen LogP contribution in [0.15, 0.2) is 76.5 Å². The molecule has 1 aromatic heterocycles. The Morgan fingerprint density at radius 2 is 1.62 bits per heavy atom. The van der Waals surface area contributed by atoms with E-state index in [4.69, 9.17) is 14.5 Å². The third kappa shape index (κ3) is 4.24. The Kier molecular flexibility index (Phi) is 6.61. The molecule has 34 heavy (non-hydrogen) atoms. The number of hydrogen-bond acceptors (Lipinski definition) is 7. The second-order valence-electron chi connectivity index (χ2n) is 7.75. The number of allylic oxidation sites excluding steroid dienone is 2. The molecule has 2 heterocycles. The Morgan fingerprint density at radius 3 is 2.24 bits per heavy atom. The summed E-state index contributed by atoms with van der Waals surface area (Å²) in [6.07, 6.45) is 0. The lowest BCUT2D eigenvalue weighted by Crippen LogP contribution is -2.32.